The molecule has 0 saturated carbocycles. The maximum absolute atomic E-state index is 11.9. The molecule has 20 heavy (non-hydrogen) atoms. The third-order valence-electron chi connectivity index (χ3n) is 4.29. The molecule has 2 bridgehead atoms. The van der Waals surface area contributed by atoms with Gasteiger partial charge in [-0.1, -0.05) is 0 Å². The molecule has 2 atom stereocenters. The Morgan fingerprint density at radius 3 is 2.95 bits per heavy atom. The van der Waals surface area contributed by atoms with Gasteiger partial charge in [0.05, 0.1) is 4.92 Å². The lowest BCUT2D eigenvalue weighted by Crippen LogP contribution is -2.58. The molecule has 0 aromatic carbocycles. The SMILES string of the molecule is NC(=O)C12C[CH]CC(CC1)N2c1ccc([N+](=O)[O-])cn1. The van der Waals surface area contributed by atoms with Gasteiger partial charge < -0.3 is 10.6 Å². The van der Waals surface area contributed by atoms with E-state index in [9.17, 15) is 14.9 Å². The van der Waals surface area contributed by atoms with E-state index < -0.39 is 10.5 Å². The van der Waals surface area contributed by atoms with Gasteiger partial charge in [0.2, 0.25) is 5.91 Å². The molecular weight excluding hydrogens is 260 g/mol. The molecule has 105 valence electrons. The lowest BCUT2D eigenvalue weighted by molar-refractivity contribution is -0.385. The van der Waals surface area contributed by atoms with Crippen LogP contribution in [0.2, 0.25) is 0 Å². The van der Waals surface area contributed by atoms with Gasteiger partial charge in [0, 0.05) is 12.1 Å². The standard InChI is InChI=1S/C13H15N4O3/c14-12(18)13-6-1-2-9(5-7-13)16(13)11-4-3-10(8-15-11)17(19)20/h1,3-4,8-9H,2,5-7H2,(H2,14,18). The van der Waals surface area contributed by atoms with Crippen molar-refractivity contribution >= 4 is 17.4 Å². The van der Waals surface area contributed by atoms with Gasteiger partial charge in [-0.3, -0.25) is 14.9 Å². The van der Waals surface area contributed by atoms with E-state index in [0.29, 0.717) is 18.7 Å². The number of aromatic nitrogens is 1. The molecule has 2 unspecified atom stereocenters. The first-order valence-corrected chi connectivity index (χ1v) is 6.56. The van der Waals surface area contributed by atoms with Gasteiger partial charge in [-0.15, -0.1) is 0 Å². The minimum atomic E-state index is -0.716. The molecule has 2 aliphatic heterocycles. The number of hydrogen-bond donors (Lipinski definition) is 1. The van der Waals surface area contributed by atoms with Crippen molar-refractivity contribution in [3.05, 3.63) is 34.9 Å². The second-order valence-electron chi connectivity index (χ2n) is 5.32. The summed E-state index contributed by atoms with van der Waals surface area (Å²) in [7, 11) is 0. The maximum Gasteiger partial charge on any atom is 0.287 e. The molecule has 7 heteroatoms. The van der Waals surface area contributed by atoms with Gasteiger partial charge in [-0.25, -0.2) is 4.98 Å². The smallest absolute Gasteiger partial charge is 0.287 e. The minimum Gasteiger partial charge on any atom is -0.368 e. The maximum atomic E-state index is 11.9. The van der Waals surface area contributed by atoms with Crippen molar-refractivity contribution < 1.29 is 9.72 Å². The van der Waals surface area contributed by atoms with Crippen LogP contribution in [0.5, 0.6) is 0 Å². The van der Waals surface area contributed by atoms with E-state index in [2.05, 4.69) is 11.4 Å². The average Bonchev–Trinajstić information content (AvgIpc) is 2.66. The number of primary amides is 1. The number of anilines is 1. The number of nitrogens with two attached hydrogens (primary N) is 1. The zero-order chi connectivity index (χ0) is 14.3. The van der Waals surface area contributed by atoms with E-state index in [1.165, 1.54) is 12.3 Å². The Hall–Kier alpha value is -2.18. The van der Waals surface area contributed by atoms with Crippen molar-refractivity contribution in [3.8, 4) is 0 Å². The molecule has 2 saturated heterocycles. The highest BCUT2D eigenvalue weighted by Crippen LogP contribution is 2.45. The zero-order valence-corrected chi connectivity index (χ0v) is 10.9. The Balaban J connectivity index is 1.99. The topological polar surface area (TPSA) is 102 Å². The van der Waals surface area contributed by atoms with Crippen molar-refractivity contribution in [3.63, 3.8) is 0 Å². The number of amides is 1. The first kappa shape index (κ1) is 12.8. The van der Waals surface area contributed by atoms with Crippen LogP contribution in [0.3, 0.4) is 0 Å². The quantitative estimate of drug-likeness (QED) is 0.659. The van der Waals surface area contributed by atoms with Crippen molar-refractivity contribution in [2.24, 2.45) is 5.73 Å². The van der Waals surface area contributed by atoms with Crippen LogP contribution in [0.1, 0.15) is 25.7 Å². The second kappa shape index (κ2) is 4.43. The molecule has 1 amide bonds. The highest BCUT2D eigenvalue weighted by molar-refractivity contribution is 5.90. The first-order valence-electron chi connectivity index (χ1n) is 6.56. The number of piperidine rings is 1. The van der Waals surface area contributed by atoms with Crippen LogP contribution in [0, 0.1) is 16.5 Å². The number of nitrogens with zero attached hydrogens (tertiary/aromatic N) is 3. The molecule has 2 fully saturated rings. The lowest BCUT2D eigenvalue weighted by Gasteiger charge is -2.43. The fourth-order valence-corrected chi connectivity index (χ4v) is 3.32. The Morgan fingerprint density at radius 1 is 1.55 bits per heavy atom. The molecule has 3 heterocycles. The Morgan fingerprint density at radius 2 is 2.35 bits per heavy atom. The number of hydrogen-bond acceptors (Lipinski definition) is 5. The van der Waals surface area contributed by atoms with Crippen LogP contribution < -0.4 is 10.6 Å². The normalized spacial score (nSPS) is 28.4. The van der Waals surface area contributed by atoms with E-state index in [1.807, 2.05) is 4.90 Å². The summed E-state index contributed by atoms with van der Waals surface area (Å²) >= 11 is 0. The molecule has 1 aromatic rings. The number of fused-ring (bicyclic) bond motifs is 2. The molecule has 0 aliphatic carbocycles. The zero-order valence-electron chi connectivity index (χ0n) is 10.9. The number of pyridine rings is 1. The van der Waals surface area contributed by atoms with Gasteiger partial charge >= 0.3 is 0 Å². The van der Waals surface area contributed by atoms with Crippen LogP contribution in [0.4, 0.5) is 11.5 Å². The van der Waals surface area contributed by atoms with Crippen molar-refractivity contribution in [1.29, 1.82) is 0 Å². The third-order valence-corrected chi connectivity index (χ3v) is 4.29. The Bertz CT molecular complexity index is 555. The Kier molecular flexibility index (Phi) is 2.84. The molecule has 1 aromatic heterocycles. The highest BCUT2D eigenvalue weighted by Gasteiger charge is 2.53. The summed E-state index contributed by atoms with van der Waals surface area (Å²) in [4.78, 5) is 28.2. The van der Waals surface area contributed by atoms with Gasteiger partial charge in [-0.2, -0.15) is 0 Å². The monoisotopic (exact) mass is 275 g/mol. The fourth-order valence-electron chi connectivity index (χ4n) is 3.32. The first-order chi connectivity index (χ1) is 9.54. The average molecular weight is 275 g/mol. The number of carbonyl (C=O) groups excluding carboxylic acids is 1. The van der Waals surface area contributed by atoms with Gasteiger partial charge in [0.1, 0.15) is 17.6 Å². The van der Waals surface area contributed by atoms with Crippen molar-refractivity contribution in [2.75, 3.05) is 4.90 Å². The molecule has 2 aliphatic rings. The van der Waals surface area contributed by atoms with Crippen LogP contribution in [-0.2, 0) is 4.79 Å². The second-order valence-corrected chi connectivity index (χ2v) is 5.32. The highest BCUT2D eigenvalue weighted by atomic mass is 16.6. The summed E-state index contributed by atoms with van der Waals surface area (Å²) in [6, 6.07) is 3.21. The van der Waals surface area contributed by atoms with E-state index >= 15 is 0 Å². The summed E-state index contributed by atoms with van der Waals surface area (Å²) in [5.41, 5.74) is 4.83. The van der Waals surface area contributed by atoms with Gasteiger partial charge in [0.15, 0.2) is 0 Å². The molecule has 0 spiro atoms. The van der Waals surface area contributed by atoms with Gasteiger partial charge in [0.25, 0.3) is 5.69 Å². The summed E-state index contributed by atoms with van der Waals surface area (Å²) in [6.45, 7) is 0. The summed E-state index contributed by atoms with van der Waals surface area (Å²) < 4.78 is 0. The number of carbonyl (C=O) groups is 1. The van der Waals surface area contributed by atoms with Crippen LogP contribution >= 0.6 is 0 Å². The van der Waals surface area contributed by atoms with E-state index in [4.69, 9.17) is 5.73 Å². The summed E-state index contributed by atoms with van der Waals surface area (Å²) in [5, 5.41) is 10.7. The fraction of sp³-hybridized carbons (Fsp3) is 0.462. The van der Waals surface area contributed by atoms with E-state index in [1.54, 1.807) is 6.07 Å². The predicted molar refractivity (Wildman–Crippen MR) is 71.9 cm³/mol. The van der Waals surface area contributed by atoms with Crippen LogP contribution in [-0.4, -0.2) is 27.4 Å². The van der Waals surface area contributed by atoms with Crippen molar-refractivity contribution in [2.45, 2.75) is 37.3 Å². The molecule has 1 radical (unpaired) electrons. The van der Waals surface area contributed by atoms with E-state index in [0.717, 1.165) is 12.8 Å². The Labute approximate surface area is 115 Å². The number of nitro groups is 1. The van der Waals surface area contributed by atoms with E-state index in [-0.39, 0.29) is 17.6 Å². The van der Waals surface area contributed by atoms with Gasteiger partial charge in [-0.05, 0) is 38.2 Å². The predicted octanol–water partition coefficient (Wildman–Crippen LogP) is 1.18. The molecular formula is C13H15N4O3. The number of rotatable bonds is 3. The van der Waals surface area contributed by atoms with Crippen molar-refractivity contribution in [1.82, 2.24) is 4.98 Å². The minimum absolute atomic E-state index is 0.0576. The van der Waals surface area contributed by atoms with Crippen LogP contribution in [0.15, 0.2) is 18.3 Å². The third kappa shape index (κ3) is 1.73. The largest absolute Gasteiger partial charge is 0.368 e. The molecule has 2 N–H and O–H groups in total. The summed E-state index contributed by atoms with van der Waals surface area (Å²) in [5.74, 6) is 0.237. The molecule has 7 nitrogen and oxygen atoms in total. The molecule has 3 rings (SSSR count). The summed E-state index contributed by atoms with van der Waals surface area (Å²) in [6.07, 6.45) is 6.41. The lowest BCUT2D eigenvalue weighted by atomic mass is 9.87. The van der Waals surface area contributed by atoms with Crippen LogP contribution in [0.25, 0.3) is 0 Å².